The Morgan fingerprint density at radius 3 is 2.55 bits per heavy atom. The van der Waals surface area contributed by atoms with Gasteiger partial charge in [0, 0.05) is 10.2 Å². The molecule has 0 unspecified atom stereocenters. The maximum absolute atomic E-state index is 13.0. The monoisotopic (exact) mass is 350 g/mol. The van der Waals surface area contributed by atoms with Gasteiger partial charge in [0.1, 0.15) is 0 Å². The van der Waals surface area contributed by atoms with E-state index in [1.807, 2.05) is 0 Å². The highest BCUT2D eigenvalue weighted by atomic mass is 79.9. The number of hydrogen-bond acceptors (Lipinski definition) is 3. The van der Waals surface area contributed by atoms with Gasteiger partial charge in [0.15, 0.2) is 0 Å². The van der Waals surface area contributed by atoms with Gasteiger partial charge in [0.05, 0.1) is 5.56 Å². The number of hydrogen-bond donors (Lipinski definition) is 2. The number of benzene rings is 1. The van der Waals surface area contributed by atoms with Crippen LogP contribution in [0.4, 0.5) is 13.2 Å². The number of carbonyl (C=O) groups excluding carboxylic acids is 1. The first-order chi connectivity index (χ1) is 9.17. The summed E-state index contributed by atoms with van der Waals surface area (Å²) >= 11 is 3.09. The van der Waals surface area contributed by atoms with Crippen LogP contribution in [0.2, 0.25) is 0 Å². The van der Waals surface area contributed by atoms with E-state index in [0.717, 1.165) is 0 Å². The normalized spacial score (nSPS) is 22.5. The van der Waals surface area contributed by atoms with Crippen LogP contribution in [0.3, 0.4) is 0 Å². The first-order valence-corrected chi connectivity index (χ1v) is 6.30. The Hall–Kier alpha value is -1.54. The van der Waals surface area contributed by atoms with Crippen LogP contribution in [0.5, 0.6) is 0 Å². The third kappa shape index (κ3) is 2.29. The lowest BCUT2D eigenvalue weighted by molar-refractivity contribution is -0.283. The molecule has 0 bridgehead atoms. The molecule has 1 heterocycles. The molecule has 108 valence electrons. The predicted molar refractivity (Wildman–Crippen MR) is 68.2 cm³/mol. The zero-order valence-electron chi connectivity index (χ0n) is 10.2. The number of nitrogens with one attached hydrogen (secondary N) is 1. The van der Waals surface area contributed by atoms with Gasteiger partial charge in [-0.1, -0.05) is 12.1 Å². The molecule has 1 aromatic rings. The van der Waals surface area contributed by atoms with Crippen molar-refractivity contribution in [3.8, 4) is 0 Å². The summed E-state index contributed by atoms with van der Waals surface area (Å²) in [6.07, 6.45) is -4.46. The van der Waals surface area contributed by atoms with Crippen molar-refractivity contribution >= 4 is 21.8 Å². The average molecular weight is 351 g/mol. The van der Waals surface area contributed by atoms with Crippen molar-refractivity contribution < 1.29 is 23.1 Å². The lowest BCUT2D eigenvalue weighted by Crippen LogP contribution is -2.60. The number of nitrogens with zero attached hydrogens (tertiary/aromatic N) is 1. The molecular weight excluding hydrogens is 341 g/mol. The zero-order chi connectivity index (χ0) is 15.1. The van der Waals surface area contributed by atoms with Crippen molar-refractivity contribution in [1.82, 2.24) is 10.4 Å². The summed E-state index contributed by atoms with van der Waals surface area (Å²) in [5, 5.41) is 9.98. The number of alkyl halides is 3. The Bertz CT molecular complexity index is 588. The molecule has 1 amide bonds. The summed E-state index contributed by atoms with van der Waals surface area (Å²) in [5.74, 6) is -0.995. The second kappa shape index (κ2) is 4.78. The molecule has 0 aromatic heterocycles. The van der Waals surface area contributed by atoms with Crippen molar-refractivity contribution in [3.05, 3.63) is 46.1 Å². The maximum Gasteiger partial charge on any atom is 0.442 e. The van der Waals surface area contributed by atoms with Crippen LogP contribution in [0.25, 0.3) is 0 Å². The van der Waals surface area contributed by atoms with E-state index in [2.05, 4.69) is 21.4 Å². The number of aliphatic hydroxyl groups is 1. The van der Waals surface area contributed by atoms with Crippen LogP contribution in [0.15, 0.2) is 40.5 Å². The molecule has 1 aromatic carbocycles. The molecule has 0 radical (unpaired) electrons. The van der Waals surface area contributed by atoms with Crippen LogP contribution in [0, 0.1) is 0 Å². The number of halogens is 4. The van der Waals surface area contributed by atoms with E-state index in [-0.39, 0.29) is 16.3 Å². The Morgan fingerprint density at radius 1 is 1.40 bits per heavy atom. The van der Waals surface area contributed by atoms with E-state index in [9.17, 15) is 23.1 Å². The number of rotatable bonds is 1. The molecule has 1 aliphatic rings. The maximum atomic E-state index is 13.0. The first-order valence-electron chi connectivity index (χ1n) is 5.51. The molecule has 1 aliphatic heterocycles. The molecule has 1 atom stereocenters. The quantitative estimate of drug-likeness (QED) is 0.818. The van der Waals surface area contributed by atoms with Crippen molar-refractivity contribution in [2.24, 2.45) is 0 Å². The summed E-state index contributed by atoms with van der Waals surface area (Å²) in [4.78, 5) is 12.2. The lowest BCUT2D eigenvalue weighted by Gasteiger charge is -2.33. The first kappa shape index (κ1) is 14.9. The Labute approximate surface area is 121 Å². The van der Waals surface area contributed by atoms with Crippen molar-refractivity contribution in [2.75, 3.05) is 0 Å². The molecule has 0 saturated heterocycles. The third-order valence-electron chi connectivity index (χ3n) is 2.77. The molecule has 2 N–H and O–H groups in total. The summed E-state index contributed by atoms with van der Waals surface area (Å²) in [5.41, 5.74) is -1.10. The van der Waals surface area contributed by atoms with Gasteiger partial charge in [-0.25, -0.2) is 5.01 Å². The van der Waals surface area contributed by atoms with Crippen molar-refractivity contribution in [3.63, 3.8) is 0 Å². The predicted octanol–water partition coefficient (Wildman–Crippen LogP) is 2.56. The lowest BCUT2D eigenvalue weighted by atomic mass is 10.1. The fraction of sp³-hybridized carbons (Fsp3) is 0.250. The molecule has 4 nitrogen and oxygen atoms in total. The largest absolute Gasteiger partial charge is 0.442 e. The summed E-state index contributed by atoms with van der Waals surface area (Å²) in [6.45, 7) is 1.32. The number of allylic oxidation sites excluding steroid dienone is 1. The standard InChI is InChI=1S/C12H10BrF3N2O2/c1-7-6-11(20,12(14,15)16)18(17-7)10(19)8-4-2-3-5-9(8)13/h2-6,17,20H,1H3/t11-/m1/s1. The van der Waals surface area contributed by atoms with Crippen LogP contribution in [-0.4, -0.2) is 27.9 Å². The number of carbonyl (C=O) groups is 1. The Morgan fingerprint density at radius 2 is 2.00 bits per heavy atom. The minimum atomic E-state index is -5.02. The second-order valence-corrected chi connectivity index (χ2v) is 5.14. The van der Waals surface area contributed by atoms with E-state index in [0.29, 0.717) is 10.5 Å². The van der Waals surface area contributed by atoms with Gasteiger partial charge in [0.2, 0.25) is 0 Å². The Kier molecular flexibility index (Phi) is 3.55. The van der Waals surface area contributed by atoms with Crippen LogP contribution >= 0.6 is 15.9 Å². The van der Waals surface area contributed by atoms with Gasteiger partial charge in [0.25, 0.3) is 11.6 Å². The van der Waals surface area contributed by atoms with Crippen molar-refractivity contribution in [1.29, 1.82) is 0 Å². The van der Waals surface area contributed by atoms with Gasteiger partial charge >= 0.3 is 6.18 Å². The molecule has 0 saturated carbocycles. The molecule has 0 fully saturated rings. The van der Waals surface area contributed by atoms with E-state index < -0.39 is 17.8 Å². The number of hydrazine groups is 1. The molecule has 0 spiro atoms. The van der Waals surface area contributed by atoms with E-state index >= 15 is 0 Å². The van der Waals surface area contributed by atoms with E-state index in [1.54, 1.807) is 6.07 Å². The summed E-state index contributed by atoms with van der Waals surface area (Å²) in [7, 11) is 0. The minimum absolute atomic E-state index is 0.00535. The van der Waals surface area contributed by atoms with E-state index in [4.69, 9.17) is 0 Å². The highest BCUT2D eigenvalue weighted by molar-refractivity contribution is 9.10. The highest BCUT2D eigenvalue weighted by Crippen LogP contribution is 2.38. The number of amides is 1. The molecule has 20 heavy (non-hydrogen) atoms. The zero-order valence-corrected chi connectivity index (χ0v) is 11.8. The topological polar surface area (TPSA) is 52.6 Å². The Balaban J connectivity index is 2.43. The third-order valence-corrected chi connectivity index (χ3v) is 3.46. The fourth-order valence-electron chi connectivity index (χ4n) is 1.83. The summed E-state index contributed by atoms with van der Waals surface area (Å²) in [6, 6.07) is 6.02. The molecule has 8 heteroatoms. The fourth-order valence-corrected chi connectivity index (χ4v) is 2.28. The van der Waals surface area contributed by atoms with Crippen LogP contribution < -0.4 is 5.43 Å². The molecule has 2 rings (SSSR count). The molecule has 0 aliphatic carbocycles. The van der Waals surface area contributed by atoms with Gasteiger partial charge in [-0.2, -0.15) is 13.2 Å². The van der Waals surface area contributed by atoms with Crippen LogP contribution in [-0.2, 0) is 0 Å². The SMILES string of the molecule is CC1=C[C@@](O)(C(F)(F)F)N(C(=O)c2ccccc2Br)N1. The highest BCUT2D eigenvalue weighted by Gasteiger charge is 2.61. The average Bonchev–Trinajstić information content (AvgIpc) is 2.65. The smallest absolute Gasteiger partial charge is 0.359 e. The van der Waals surface area contributed by atoms with Crippen molar-refractivity contribution in [2.45, 2.75) is 18.8 Å². The van der Waals surface area contributed by atoms with Gasteiger partial charge in [-0.05, 0) is 41.1 Å². The van der Waals surface area contributed by atoms with E-state index in [1.165, 1.54) is 25.1 Å². The van der Waals surface area contributed by atoms with Gasteiger partial charge in [-0.3, -0.25) is 10.2 Å². The van der Waals surface area contributed by atoms with Gasteiger partial charge < -0.3 is 5.11 Å². The van der Waals surface area contributed by atoms with Gasteiger partial charge in [-0.15, -0.1) is 0 Å². The molecular formula is C12H10BrF3N2O2. The minimum Gasteiger partial charge on any atom is -0.359 e. The van der Waals surface area contributed by atoms with Crippen LogP contribution in [0.1, 0.15) is 17.3 Å². The summed E-state index contributed by atoms with van der Waals surface area (Å²) < 4.78 is 39.3. The second-order valence-electron chi connectivity index (χ2n) is 4.28.